The van der Waals surface area contributed by atoms with Gasteiger partial charge in [0.15, 0.2) is 0 Å². The number of nitrogens with zero attached hydrogens (tertiary/aromatic N) is 2. The summed E-state index contributed by atoms with van der Waals surface area (Å²) in [5.41, 5.74) is 1.19. The van der Waals surface area contributed by atoms with Crippen LogP contribution in [0.2, 0.25) is 0 Å². The number of benzene rings is 1. The molecule has 1 aromatic carbocycles. The standard InChI is InChI=1S/C17H20N4O3S/c1-24-10-14-20-21-17(25-14)16(23)19-13-8-6-11(7-9-13)15(22)18-12-4-2-3-5-12/h6-9,12H,2-5,10H2,1H3,(H,18,22)(H,19,23). The number of rotatable bonds is 6. The lowest BCUT2D eigenvalue weighted by atomic mass is 10.1. The summed E-state index contributed by atoms with van der Waals surface area (Å²) in [5, 5.41) is 14.4. The van der Waals surface area contributed by atoms with E-state index in [2.05, 4.69) is 20.8 Å². The molecule has 2 N–H and O–H groups in total. The molecule has 0 radical (unpaired) electrons. The Morgan fingerprint density at radius 1 is 1.16 bits per heavy atom. The van der Waals surface area contributed by atoms with E-state index in [9.17, 15) is 9.59 Å². The van der Waals surface area contributed by atoms with Crippen LogP contribution in [0.5, 0.6) is 0 Å². The summed E-state index contributed by atoms with van der Waals surface area (Å²) >= 11 is 1.19. The van der Waals surface area contributed by atoms with E-state index in [1.165, 1.54) is 24.2 Å². The topological polar surface area (TPSA) is 93.2 Å². The van der Waals surface area contributed by atoms with Crippen molar-refractivity contribution in [2.24, 2.45) is 0 Å². The first kappa shape index (κ1) is 17.5. The van der Waals surface area contributed by atoms with Crippen molar-refractivity contribution in [1.82, 2.24) is 15.5 Å². The molecule has 1 heterocycles. The molecule has 0 saturated heterocycles. The van der Waals surface area contributed by atoms with Gasteiger partial charge in [0.25, 0.3) is 11.8 Å². The minimum absolute atomic E-state index is 0.0712. The first-order valence-corrected chi connectivity index (χ1v) is 9.01. The lowest BCUT2D eigenvalue weighted by Gasteiger charge is -2.12. The van der Waals surface area contributed by atoms with Gasteiger partial charge in [-0.15, -0.1) is 10.2 Å². The molecule has 0 aliphatic heterocycles. The number of nitrogens with one attached hydrogen (secondary N) is 2. The number of ether oxygens (including phenoxy) is 1. The molecule has 0 atom stereocenters. The zero-order valence-corrected chi connectivity index (χ0v) is 14.8. The van der Waals surface area contributed by atoms with Crippen LogP contribution >= 0.6 is 11.3 Å². The van der Waals surface area contributed by atoms with Crippen LogP contribution < -0.4 is 10.6 Å². The molecule has 1 saturated carbocycles. The van der Waals surface area contributed by atoms with E-state index in [1.54, 1.807) is 31.4 Å². The summed E-state index contributed by atoms with van der Waals surface area (Å²) in [6, 6.07) is 7.11. The van der Waals surface area contributed by atoms with Gasteiger partial charge in [-0.25, -0.2) is 0 Å². The molecule has 25 heavy (non-hydrogen) atoms. The first-order valence-electron chi connectivity index (χ1n) is 8.19. The molecule has 8 heteroatoms. The van der Waals surface area contributed by atoms with Crippen LogP contribution in [0.3, 0.4) is 0 Å². The van der Waals surface area contributed by atoms with Gasteiger partial charge < -0.3 is 15.4 Å². The van der Waals surface area contributed by atoms with Gasteiger partial charge in [0.2, 0.25) is 5.01 Å². The van der Waals surface area contributed by atoms with Crippen LogP contribution in [-0.4, -0.2) is 35.2 Å². The zero-order valence-electron chi connectivity index (χ0n) is 13.9. The number of hydrogen-bond acceptors (Lipinski definition) is 6. The number of carbonyl (C=O) groups excluding carboxylic acids is 2. The number of anilines is 1. The molecule has 0 spiro atoms. The third-order valence-electron chi connectivity index (χ3n) is 4.02. The van der Waals surface area contributed by atoms with E-state index in [0.29, 0.717) is 22.9 Å². The largest absolute Gasteiger partial charge is 0.377 e. The molecule has 2 amide bonds. The van der Waals surface area contributed by atoms with Gasteiger partial charge in [-0.3, -0.25) is 9.59 Å². The Morgan fingerprint density at radius 3 is 2.56 bits per heavy atom. The second-order valence-electron chi connectivity index (χ2n) is 5.92. The van der Waals surface area contributed by atoms with Crippen molar-refractivity contribution < 1.29 is 14.3 Å². The SMILES string of the molecule is COCc1nnc(C(=O)Nc2ccc(C(=O)NC3CCCC3)cc2)s1. The molecule has 0 unspecified atom stereocenters. The van der Waals surface area contributed by atoms with Gasteiger partial charge in [-0.1, -0.05) is 24.2 Å². The number of hydrogen-bond donors (Lipinski definition) is 2. The van der Waals surface area contributed by atoms with Crippen molar-refractivity contribution >= 4 is 28.8 Å². The summed E-state index contributed by atoms with van der Waals surface area (Å²) in [7, 11) is 1.56. The Balaban J connectivity index is 1.57. The molecule has 1 aliphatic carbocycles. The third kappa shape index (κ3) is 4.61. The smallest absolute Gasteiger partial charge is 0.286 e. The predicted octanol–water partition coefficient (Wildman–Crippen LogP) is 2.61. The second-order valence-corrected chi connectivity index (χ2v) is 6.98. The van der Waals surface area contributed by atoms with E-state index >= 15 is 0 Å². The molecule has 2 aromatic rings. The van der Waals surface area contributed by atoms with Crippen molar-refractivity contribution in [3.05, 3.63) is 39.8 Å². The fraction of sp³-hybridized carbons (Fsp3) is 0.412. The highest BCUT2D eigenvalue weighted by atomic mass is 32.1. The third-order valence-corrected chi connectivity index (χ3v) is 4.92. The number of aromatic nitrogens is 2. The molecule has 3 rings (SSSR count). The fourth-order valence-corrected chi connectivity index (χ4v) is 3.46. The maximum atomic E-state index is 12.2. The average molecular weight is 360 g/mol. The van der Waals surface area contributed by atoms with Crippen LogP contribution in [0.1, 0.15) is 50.9 Å². The first-order chi connectivity index (χ1) is 12.2. The van der Waals surface area contributed by atoms with Gasteiger partial charge >= 0.3 is 0 Å². The highest BCUT2D eigenvalue weighted by Crippen LogP contribution is 2.19. The Labute approximate surface area is 149 Å². The van der Waals surface area contributed by atoms with Crippen LogP contribution in [0.25, 0.3) is 0 Å². The molecule has 1 aliphatic rings. The maximum absolute atomic E-state index is 12.2. The van der Waals surface area contributed by atoms with Crippen LogP contribution in [0.15, 0.2) is 24.3 Å². The van der Waals surface area contributed by atoms with Crippen molar-refractivity contribution in [2.75, 3.05) is 12.4 Å². The predicted molar refractivity (Wildman–Crippen MR) is 94.7 cm³/mol. The summed E-state index contributed by atoms with van der Waals surface area (Å²) in [6.07, 6.45) is 4.45. The Kier molecular flexibility index (Phi) is 5.72. The normalized spacial score (nSPS) is 14.4. The maximum Gasteiger partial charge on any atom is 0.286 e. The number of methoxy groups -OCH3 is 1. The minimum Gasteiger partial charge on any atom is -0.377 e. The highest BCUT2D eigenvalue weighted by molar-refractivity contribution is 7.13. The molecule has 1 aromatic heterocycles. The summed E-state index contributed by atoms with van der Waals surface area (Å²) in [5.74, 6) is -0.402. The molecular weight excluding hydrogens is 340 g/mol. The molecule has 1 fully saturated rings. The Hall–Kier alpha value is -2.32. The van der Waals surface area contributed by atoms with E-state index < -0.39 is 0 Å². The van der Waals surface area contributed by atoms with E-state index in [0.717, 1.165) is 12.8 Å². The molecular formula is C17H20N4O3S. The lowest BCUT2D eigenvalue weighted by Crippen LogP contribution is -2.32. The van der Waals surface area contributed by atoms with Gasteiger partial charge in [-0.2, -0.15) is 0 Å². The summed E-state index contributed by atoms with van der Waals surface area (Å²) < 4.78 is 4.96. The second kappa shape index (κ2) is 8.17. The fourth-order valence-electron chi connectivity index (χ4n) is 2.76. The zero-order chi connectivity index (χ0) is 17.6. The Bertz CT molecular complexity index is 739. The number of carbonyl (C=O) groups is 2. The molecule has 132 valence electrons. The van der Waals surface area contributed by atoms with Crippen LogP contribution in [0, 0.1) is 0 Å². The molecule has 7 nitrogen and oxygen atoms in total. The van der Waals surface area contributed by atoms with Crippen LogP contribution in [0.4, 0.5) is 5.69 Å². The Morgan fingerprint density at radius 2 is 1.88 bits per heavy atom. The quantitative estimate of drug-likeness (QED) is 0.826. The highest BCUT2D eigenvalue weighted by Gasteiger charge is 2.18. The van der Waals surface area contributed by atoms with Gasteiger partial charge in [0.1, 0.15) is 5.01 Å². The summed E-state index contributed by atoms with van der Waals surface area (Å²) in [4.78, 5) is 24.4. The minimum atomic E-state index is -0.331. The van der Waals surface area contributed by atoms with Crippen molar-refractivity contribution in [2.45, 2.75) is 38.3 Å². The molecule has 0 bridgehead atoms. The van der Waals surface area contributed by atoms with Crippen molar-refractivity contribution in [3.63, 3.8) is 0 Å². The van der Waals surface area contributed by atoms with E-state index in [1.807, 2.05) is 0 Å². The average Bonchev–Trinajstić information content (AvgIpc) is 3.28. The summed E-state index contributed by atoms with van der Waals surface area (Å²) in [6.45, 7) is 0.329. The van der Waals surface area contributed by atoms with Gasteiger partial charge in [-0.05, 0) is 37.1 Å². The van der Waals surface area contributed by atoms with Gasteiger partial charge in [0.05, 0.1) is 6.61 Å². The number of amides is 2. The van der Waals surface area contributed by atoms with Crippen molar-refractivity contribution in [3.8, 4) is 0 Å². The monoisotopic (exact) mass is 360 g/mol. The van der Waals surface area contributed by atoms with Crippen LogP contribution in [-0.2, 0) is 11.3 Å². The van der Waals surface area contributed by atoms with Crippen molar-refractivity contribution in [1.29, 1.82) is 0 Å². The van der Waals surface area contributed by atoms with E-state index in [4.69, 9.17) is 4.74 Å². The van der Waals surface area contributed by atoms with Gasteiger partial charge in [0, 0.05) is 24.4 Å². The lowest BCUT2D eigenvalue weighted by molar-refractivity contribution is 0.0937. The van der Waals surface area contributed by atoms with E-state index in [-0.39, 0.29) is 22.9 Å².